The number of carbonyl (C=O) groups is 1. The zero-order valence-corrected chi connectivity index (χ0v) is 13.2. The molecule has 0 atom stereocenters. The van der Waals surface area contributed by atoms with Gasteiger partial charge in [-0.15, -0.1) is 0 Å². The summed E-state index contributed by atoms with van der Waals surface area (Å²) in [4.78, 5) is 15.3. The number of aromatic amines is 1. The Kier molecular flexibility index (Phi) is 4.94. The number of halogens is 2. The second kappa shape index (κ2) is 6.70. The van der Waals surface area contributed by atoms with Crippen molar-refractivity contribution >= 4 is 32.8 Å². The molecule has 106 valence electrons. The number of para-hydroxylation sites is 1. The third kappa shape index (κ3) is 3.40. The summed E-state index contributed by atoms with van der Waals surface area (Å²) in [6.07, 6.45) is 1.80. The maximum atomic E-state index is 12.2. The summed E-state index contributed by atoms with van der Waals surface area (Å²) in [7, 11) is 0. The number of H-pyrrole nitrogens is 1. The Morgan fingerprint density at radius 2 is 1.81 bits per heavy atom. The van der Waals surface area contributed by atoms with Crippen LogP contribution in [0.1, 0.15) is 10.4 Å². The summed E-state index contributed by atoms with van der Waals surface area (Å²) in [6.45, 7) is 0. The Balaban J connectivity index is 0.00000161. The van der Waals surface area contributed by atoms with Crippen molar-refractivity contribution in [1.82, 2.24) is 0 Å². The van der Waals surface area contributed by atoms with Crippen LogP contribution in [0.3, 0.4) is 0 Å². The van der Waals surface area contributed by atoms with Crippen LogP contribution in [-0.4, -0.2) is 5.97 Å². The lowest BCUT2D eigenvalue weighted by Crippen LogP contribution is -3.00. The molecule has 1 heterocycles. The van der Waals surface area contributed by atoms with E-state index in [9.17, 15) is 4.79 Å². The SMILES string of the molecule is O=C(Oc1cccc2ccc[nH+]c12)c1cccc(Br)c1.[Cl-]. The van der Waals surface area contributed by atoms with Crippen LogP contribution in [0.25, 0.3) is 10.9 Å². The number of esters is 1. The van der Waals surface area contributed by atoms with E-state index < -0.39 is 0 Å². The highest BCUT2D eigenvalue weighted by molar-refractivity contribution is 9.10. The second-order valence-corrected chi connectivity index (χ2v) is 5.21. The molecular formula is C16H11BrClNO2. The predicted octanol–water partition coefficient (Wildman–Crippen LogP) is 0.640. The van der Waals surface area contributed by atoms with Gasteiger partial charge in [-0.3, -0.25) is 0 Å². The van der Waals surface area contributed by atoms with Crippen LogP contribution >= 0.6 is 15.9 Å². The van der Waals surface area contributed by atoms with E-state index in [1.54, 1.807) is 30.5 Å². The van der Waals surface area contributed by atoms with Gasteiger partial charge in [0.2, 0.25) is 5.75 Å². The van der Waals surface area contributed by atoms with Gasteiger partial charge in [-0.2, -0.15) is 0 Å². The summed E-state index contributed by atoms with van der Waals surface area (Å²) in [6, 6.07) is 16.6. The van der Waals surface area contributed by atoms with Crippen molar-refractivity contribution in [3.8, 4) is 5.75 Å². The fourth-order valence-electron chi connectivity index (χ4n) is 1.98. The number of ether oxygens (including phenoxy) is 1. The van der Waals surface area contributed by atoms with Crippen molar-refractivity contribution in [2.24, 2.45) is 0 Å². The Morgan fingerprint density at radius 3 is 2.62 bits per heavy atom. The van der Waals surface area contributed by atoms with Crippen molar-refractivity contribution in [1.29, 1.82) is 0 Å². The Labute approximate surface area is 136 Å². The molecule has 0 radical (unpaired) electrons. The number of carbonyl (C=O) groups excluding carboxylic acids is 1. The second-order valence-electron chi connectivity index (χ2n) is 4.29. The summed E-state index contributed by atoms with van der Waals surface area (Å²) >= 11 is 3.34. The molecule has 2 aromatic carbocycles. The van der Waals surface area contributed by atoms with Gasteiger partial charge >= 0.3 is 5.97 Å². The number of hydrogen-bond acceptors (Lipinski definition) is 2. The van der Waals surface area contributed by atoms with Crippen molar-refractivity contribution in [2.45, 2.75) is 0 Å². The van der Waals surface area contributed by atoms with Gasteiger partial charge in [0.1, 0.15) is 0 Å². The number of hydrogen-bond donors (Lipinski definition) is 0. The lowest BCUT2D eigenvalue weighted by atomic mass is 10.2. The van der Waals surface area contributed by atoms with Crippen molar-refractivity contribution in [3.05, 3.63) is 70.8 Å². The van der Waals surface area contributed by atoms with Gasteiger partial charge in [0, 0.05) is 10.5 Å². The van der Waals surface area contributed by atoms with Crippen LogP contribution in [0.15, 0.2) is 65.3 Å². The zero-order valence-electron chi connectivity index (χ0n) is 10.8. The predicted molar refractivity (Wildman–Crippen MR) is 79.6 cm³/mol. The molecular weight excluding hydrogens is 354 g/mol. The highest BCUT2D eigenvalue weighted by Gasteiger charge is 2.14. The molecule has 0 bridgehead atoms. The first-order chi connectivity index (χ1) is 9.74. The van der Waals surface area contributed by atoms with Gasteiger partial charge < -0.3 is 17.1 Å². The first-order valence-corrected chi connectivity index (χ1v) is 6.90. The van der Waals surface area contributed by atoms with Gasteiger partial charge in [0.15, 0.2) is 6.20 Å². The lowest BCUT2D eigenvalue weighted by Gasteiger charge is -2.04. The summed E-state index contributed by atoms with van der Waals surface area (Å²) < 4.78 is 6.32. The van der Waals surface area contributed by atoms with Crippen LogP contribution in [0.5, 0.6) is 5.75 Å². The van der Waals surface area contributed by atoms with Gasteiger partial charge in [-0.1, -0.05) is 28.1 Å². The van der Waals surface area contributed by atoms with Crippen LogP contribution in [0.4, 0.5) is 0 Å². The lowest BCUT2D eigenvalue weighted by molar-refractivity contribution is -0.345. The highest BCUT2D eigenvalue weighted by atomic mass is 79.9. The van der Waals surface area contributed by atoms with Gasteiger partial charge in [0.05, 0.1) is 10.9 Å². The van der Waals surface area contributed by atoms with Crippen LogP contribution < -0.4 is 22.1 Å². The molecule has 3 aromatic rings. The van der Waals surface area contributed by atoms with Gasteiger partial charge in [-0.05, 0) is 36.4 Å². The fourth-order valence-corrected chi connectivity index (χ4v) is 2.38. The number of benzene rings is 2. The highest BCUT2D eigenvalue weighted by Crippen LogP contribution is 2.22. The van der Waals surface area contributed by atoms with E-state index in [0.717, 1.165) is 15.4 Å². The minimum absolute atomic E-state index is 0. The van der Waals surface area contributed by atoms with E-state index in [0.29, 0.717) is 11.3 Å². The van der Waals surface area contributed by atoms with E-state index in [2.05, 4.69) is 20.9 Å². The van der Waals surface area contributed by atoms with Crippen molar-refractivity contribution < 1.29 is 26.9 Å². The molecule has 0 unspecified atom stereocenters. The average molecular weight is 365 g/mol. The Morgan fingerprint density at radius 1 is 1.05 bits per heavy atom. The molecule has 0 amide bonds. The molecule has 5 heteroatoms. The molecule has 0 saturated heterocycles. The molecule has 0 aliphatic carbocycles. The molecule has 21 heavy (non-hydrogen) atoms. The van der Waals surface area contributed by atoms with Crippen LogP contribution in [-0.2, 0) is 0 Å². The number of fused-ring (bicyclic) bond motifs is 1. The van der Waals surface area contributed by atoms with E-state index >= 15 is 0 Å². The molecule has 0 fully saturated rings. The number of rotatable bonds is 2. The summed E-state index contributed by atoms with van der Waals surface area (Å²) in [5, 5.41) is 0.993. The number of pyridine rings is 1. The Hall–Kier alpha value is -1.91. The number of nitrogens with one attached hydrogen (secondary N) is 1. The average Bonchev–Trinajstić information content (AvgIpc) is 2.47. The minimum atomic E-state index is -0.379. The largest absolute Gasteiger partial charge is 1.00 e. The first kappa shape index (κ1) is 15.5. The molecule has 0 aliphatic heterocycles. The molecule has 1 aromatic heterocycles. The van der Waals surface area contributed by atoms with E-state index in [4.69, 9.17) is 4.74 Å². The summed E-state index contributed by atoms with van der Waals surface area (Å²) in [5.74, 6) is 0.143. The van der Waals surface area contributed by atoms with Crippen LogP contribution in [0, 0.1) is 0 Å². The maximum Gasteiger partial charge on any atom is 0.343 e. The maximum absolute atomic E-state index is 12.2. The quantitative estimate of drug-likeness (QED) is 0.495. The normalized spacial score (nSPS) is 9.95. The molecule has 1 N–H and O–H groups in total. The Bertz CT molecular complexity index is 787. The molecule has 3 rings (SSSR count). The number of aromatic nitrogens is 1. The minimum Gasteiger partial charge on any atom is -1.00 e. The van der Waals surface area contributed by atoms with Crippen molar-refractivity contribution in [2.75, 3.05) is 0 Å². The van der Waals surface area contributed by atoms with Gasteiger partial charge in [-0.25, -0.2) is 9.78 Å². The first-order valence-electron chi connectivity index (χ1n) is 6.11. The molecule has 3 nitrogen and oxygen atoms in total. The zero-order chi connectivity index (χ0) is 13.9. The van der Waals surface area contributed by atoms with Gasteiger partial charge in [0.25, 0.3) is 5.52 Å². The third-order valence-electron chi connectivity index (χ3n) is 2.92. The standard InChI is InChI=1S/C16H10BrNO2.ClH/c17-13-7-1-5-12(10-13)16(19)20-14-8-2-4-11-6-3-9-18-15(11)14;/h1-10H;1H. The topological polar surface area (TPSA) is 40.4 Å². The smallest absolute Gasteiger partial charge is 0.343 e. The van der Waals surface area contributed by atoms with Crippen LogP contribution in [0.2, 0.25) is 0 Å². The molecule has 0 spiro atoms. The molecule has 0 aliphatic rings. The van der Waals surface area contributed by atoms with Crippen molar-refractivity contribution in [3.63, 3.8) is 0 Å². The summed E-state index contributed by atoms with van der Waals surface area (Å²) in [5.41, 5.74) is 1.31. The third-order valence-corrected chi connectivity index (χ3v) is 3.41. The van der Waals surface area contributed by atoms with E-state index in [-0.39, 0.29) is 18.4 Å². The monoisotopic (exact) mass is 363 g/mol. The fraction of sp³-hybridized carbons (Fsp3) is 0. The van der Waals surface area contributed by atoms with E-state index in [1.807, 2.05) is 30.3 Å². The van der Waals surface area contributed by atoms with E-state index in [1.165, 1.54) is 0 Å². The molecule has 0 saturated carbocycles.